The number of allylic oxidation sites excluding steroid dienone is 2. The summed E-state index contributed by atoms with van der Waals surface area (Å²) in [6.07, 6.45) is 8.27. The molecular formula is C28H32S2. The Morgan fingerprint density at radius 1 is 0.567 bits per heavy atom. The zero-order valence-corrected chi connectivity index (χ0v) is 20.0. The molecule has 0 N–H and O–H groups in total. The topological polar surface area (TPSA) is 0 Å². The first kappa shape index (κ1) is 25.4. The monoisotopic (exact) mass is 432 g/mol. The molecule has 0 aliphatic heterocycles. The van der Waals surface area contributed by atoms with Crippen LogP contribution >= 0.6 is 22.7 Å². The summed E-state index contributed by atoms with van der Waals surface area (Å²) in [5, 5.41) is 4.16. The zero-order chi connectivity index (χ0) is 21.9. The van der Waals surface area contributed by atoms with E-state index < -0.39 is 0 Å². The van der Waals surface area contributed by atoms with Crippen molar-refractivity contribution in [3.63, 3.8) is 0 Å². The van der Waals surface area contributed by atoms with E-state index in [1.54, 1.807) is 22.7 Å². The molecule has 2 heteroatoms. The molecule has 0 saturated heterocycles. The molecule has 0 aliphatic carbocycles. The predicted octanol–water partition coefficient (Wildman–Crippen LogP) is 9.55. The Labute approximate surface area is 190 Å². The zero-order valence-electron chi connectivity index (χ0n) is 18.4. The quantitative estimate of drug-likeness (QED) is 0.296. The van der Waals surface area contributed by atoms with Crippen LogP contribution in [0.1, 0.15) is 34.7 Å². The Kier molecular flexibility index (Phi) is 14.5. The highest BCUT2D eigenvalue weighted by atomic mass is 32.1. The molecule has 0 unspecified atom stereocenters. The maximum absolute atomic E-state index is 2.10. The third-order valence-corrected chi connectivity index (χ3v) is 5.28. The van der Waals surface area contributed by atoms with Crippen LogP contribution in [-0.2, 0) is 0 Å². The Balaban J connectivity index is 0.000000202. The summed E-state index contributed by atoms with van der Waals surface area (Å²) in [7, 11) is 0. The molecule has 0 saturated carbocycles. The minimum absolute atomic E-state index is 1.26. The van der Waals surface area contributed by atoms with Gasteiger partial charge in [0.15, 0.2) is 0 Å². The second-order valence-electron chi connectivity index (χ2n) is 6.30. The average Bonchev–Trinajstić information content (AvgIpc) is 3.46. The van der Waals surface area contributed by atoms with Gasteiger partial charge >= 0.3 is 0 Å². The SMILES string of the molecule is C/C=C/c1ccccc1.C/C=C/c1cccs1.Cc1ccccc1.Cc1cccs1. The van der Waals surface area contributed by atoms with Crippen molar-refractivity contribution in [1.82, 2.24) is 0 Å². The molecule has 4 aromatic rings. The Hall–Kier alpha value is -2.68. The van der Waals surface area contributed by atoms with E-state index in [2.05, 4.69) is 85.3 Å². The molecule has 0 nitrogen and oxygen atoms in total. The molecule has 2 aromatic heterocycles. The van der Waals surface area contributed by atoms with E-state index in [4.69, 9.17) is 0 Å². The Bertz CT molecular complexity index is 901. The summed E-state index contributed by atoms with van der Waals surface area (Å²) in [6.45, 7) is 8.23. The molecule has 0 atom stereocenters. The third-order valence-electron chi connectivity index (χ3n) is 3.64. The lowest BCUT2D eigenvalue weighted by Crippen LogP contribution is -1.65. The molecule has 30 heavy (non-hydrogen) atoms. The first-order chi connectivity index (χ1) is 14.7. The molecule has 0 spiro atoms. The smallest absolute Gasteiger partial charge is 0.0266 e. The molecule has 4 rings (SSSR count). The Morgan fingerprint density at radius 2 is 1.13 bits per heavy atom. The van der Waals surface area contributed by atoms with E-state index in [0.29, 0.717) is 0 Å². The summed E-state index contributed by atoms with van der Waals surface area (Å²) in [6, 6.07) is 28.8. The van der Waals surface area contributed by atoms with Crippen molar-refractivity contribution in [2.45, 2.75) is 27.7 Å². The van der Waals surface area contributed by atoms with Crippen LogP contribution in [0.15, 0.2) is 108 Å². The number of hydrogen-bond acceptors (Lipinski definition) is 2. The standard InChI is InChI=1S/C9H10.C7H8S.C7H8.C5H6S/c1-2-6-9-7-4-3-5-8-9;1-2-4-7-5-3-6-8-7;1-7-5-3-2-4-6-7;1-5-3-2-4-6-5/h2-8H,1H3;2-6H,1H3;2-6H,1H3;2-4H,1H3/b6-2+;4-2+;;. The van der Waals surface area contributed by atoms with E-state index in [1.165, 1.54) is 20.9 Å². The number of aryl methyl sites for hydroxylation is 2. The molecular weight excluding hydrogens is 400 g/mol. The number of benzene rings is 2. The van der Waals surface area contributed by atoms with Gasteiger partial charge in [0.25, 0.3) is 0 Å². The van der Waals surface area contributed by atoms with Crippen LogP contribution in [0.5, 0.6) is 0 Å². The van der Waals surface area contributed by atoms with Crippen molar-refractivity contribution in [1.29, 1.82) is 0 Å². The normalized spacial score (nSPS) is 9.73. The molecule has 0 fully saturated rings. The van der Waals surface area contributed by atoms with Crippen LogP contribution in [0.25, 0.3) is 12.2 Å². The third kappa shape index (κ3) is 13.5. The minimum atomic E-state index is 1.26. The van der Waals surface area contributed by atoms with Gasteiger partial charge in [-0.2, -0.15) is 0 Å². The van der Waals surface area contributed by atoms with Crippen LogP contribution < -0.4 is 0 Å². The van der Waals surface area contributed by atoms with Crippen molar-refractivity contribution in [2.75, 3.05) is 0 Å². The van der Waals surface area contributed by atoms with Crippen LogP contribution in [0.2, 0.25) is 0 Å². The summed E-state index contributed by atoms with van der Waals surface area (Å²) in [5.41, 5.74) is 2.59. The second-order valence-corrected chi connectivity index (χ2v) is 8.44. The predicted molar refractivity (Wildman–Crippen MR) is 140 cm³/mol. The van der Waals surface area contributed by atoms with Gasteiger partial charge in [-0.15, -0.1) is 22.7 Å². The highest BCUT2D eigenvalue weighted by Gasteiger charge is 1.80. The lowest BCUT2D eigenvalue weighted by molar-refractivity contribution is 1.48. The summed E-state index contributed by atoms with van der Waals surface area (Å²) in [4.78, 5) is 2.71. The fourth-order valence-electron chi connectivity index (χ4n) is 2.20. The summed E-state index contributed by atoms with van der Waals surface area (Å²) >= 11 is 3.54. The molecule has 156 valence electrons. The van der Waals surface area contributed by atoms with Gasteiger partial charge in [-0.25, -0.2) is 0 Å². The van der Waals surface area contributed by atoms with Gasteiger partial charge in [-0.1, -0.05) is 96.6 Å². The van der Waals surface area contributed by atoms with Crippen molar-refractivity contribution in [3.8, 4) is 0 Å². The van der Waals surface area contributed by atoms with Crippen LogP contribution in [0.3, 0.4) is 0 Å². The first-order valence-corrected chi connectivity index (χ1v) is 11.8. The maximum Gasteiger partial charge on any atom is 0.0266 e. The maximum atomic E-state index is 2.10. The largest absolute Gasteiger partial charge is 0.149 e. The highest BCUT2D eigenvalue weighted by molar-refractivity contribution is 7.10. The molecule has 2 heterocycles. The fourth-order valence-corrected chi connectivity index (χ4v) is 3.42. The van der Waals surface area contributed by atoms with Gasteiger partial charge in [0.1, 0.15) is 0 Å². The van der Waals surface area contributed by atoms with Crippen LogP contribution in [0.4, 0.5) is 0 Å². The van der Waals surface area contributed by atoms with Crippen molar-refractivity contribution in [3.05, 3.63) is 129 Å². The van der Waals surface area contributed by atoms with Gasteiger partial charge in [0.05, 0.1) is 0 Å². The Morgan fingerprint density at radius 3 is 1.50 bits per heavy atom. The van der Waals surface area contributed by atoms with E-state index in [1.807, 2.05) is 62.4 Å². The molecule has 0 aliphatic rings. The van der Waals surface area contributed by atoms with Gasteiger partial charge in [0, 0.05) is 9.75 Å². The molecule has 0 radical (unpaired) electrons. The summed E-state index contributed by atoms with van der Waals surface area (Å²) in [5.74, 6) is 0. The lowest BCUT2D eigenvalue weighted by Gasteiger charge is -1.86. The van der Waals surface area contributed by atoms with Crippen molar-refractivity contribution < 1.29 is 0 Å². The molecule has 2 aromatic carbocycles. The summed E-state index contributed by atoms with van der Waals surface area (Å²) < 4.78 is 0. The van der Waals surface area contributed by atoms with Gasteiger partial charge < -0.3 is 0 Å². The first-order valence-electron chi connectivity index (χ1n) is 10.0. The minimum Gasteiger partial charge on any atom is -0.149 e. The lowest BCUT2D eigenvalue weighted by atomic mass is 10.2. The van der Waals surface area contributed by atoms with Gasteiger partial charge in [0.2, 0.25) is 0 Å². The van der Waals surface area contributed by atoms with Crippen molar-refractivity contribution >= 4 is 34.8 Å². The molecule has 0 bridgehead atoms. The van der Waals surface area contributed by atoms with Crippen LogP contribution in [-0.4, -0.2) is 0 Å². The van der Waals surface area contributed by atoms with E-state index in [9.17, 15) is 0 Å². The van der Waals surface area contributed by atoms with Crippen LogP contribution in [0, 0.1) is 13.8 Å². The van der Waals surface area contributed by atoms with Gasteiger partial charge in [-0.3, -0.25) is 0 Å². The van der Waals surface area contributed by atoms with E-state index in [0.717, 1.165) is 0 Å². The number of thiophene rings is 2. The molecule has 0 amide bonds. The number of hydrogen-bond donors (Lipinski definition) is 0. The van der Waals surface area contributed by atoms with E-state index in [-0.39, 0.29) is 0 Å². The second kappa shape index (κ2) is 17.2. The fraction of sp³-hybridized carbons (Fsp3) is 0.143. The number of rotatable bonds is 2. The van der Waals surface area contributed by atoms with Crippen molar-refractivity contribution in [2.24, 2.45) is 0 Å². The highest BCUT2D eigenvalue weighted by Crippen LogP contribution is 2.09. The average molecular weight is 433 g/mol. The van der Waals surface area contributed by atoms with E-state index >= 15 is 0 Å². The van der Waals surface area contributed by atoms with Gasteiger partial charge in [-0.05, 0) is 62.2 Å².